The maximum atomic E-state index is 13.1. The number of alkyl halides is 3. The summed E-state index contributed by atoms with van der Waals surface area (Å²) in [6.07, 6.45) is -0.967. The number of hydrogen-bond acceptors (Lipinski definition) is 3. The average molecular weight is 284 g/mol. The summed E-state index contributed by atoms with van der Waals surface area (Å²) in [6.45, 7) is 1.85. The van der Waals surface area contributed by atoms with Crippen molar-refractivity contribution in [2.45, 2.75) is 32.0 Å². The van der Waals surface area contributed by atoms with E-state index in [0.717, 1.165) is 6.07 Å². The van der Waals surface area contributed by atoms with Crippen LogP contribution in [0, 0.1) is 0 Å². The molecule has 1 aromatic heterocycles. The van der Waals surface area contributed by atoms with Gasteiger partial charge in [-0.15, -0.1) is 0 Å². The minimum Gasteiger partial charge on any atom is -0.327 e. The first-order chi connectivity index (χ1) is 9.41. The van der Waals surface area contributed by atoms with E-state index in [2.05, 4.69) is 10.1 Å². The summed E-state index contributed by atoms with van der Waals surface area (Å²) < 4.78 is 40.7. The van der Waals surface area contributed by atoms with Gasteiger partial charge in [0.15, 0.2) is 0 Å². The normalized spacial score (nSPS) is 13.4. The van der Waals surface area contributed by atoms with Crippen molar-refractivity contribution >= 4 is 0 Å². The zero-order chi connectivity index (χ0) is 14.8. The molecule has 2 rings (SSSR count). The first-order valence-electron chi connectivity index (χ1n) is 6.22. The number of halogens is 3. The summed E-state index contributed by atoms with van der Waals surface area (Å²) in [5, 5.41) is 3.83. The van der Waals surface area contributed by atoms with Gasteiger partial charge in [-0.05, 0) is 30.5 Å². The maximum absolute atomic E-state index is 13.1. The number of nitrogens with zero attached hydrogens (tertiary/aromatic N) is 3. The topological polar surface area (TPSA) is 56.7 Å². The molecule has 7 heteroatoms. The first-order valence-corrected chi connectivity index (χ1v) is 6.22. The lowest BCUT2D eigenvalue weighted by Gasteiger charge is -2.16. The molecule has 20 heavy (non-hydrogen) atoms. The molecule has 1 heterocycles. The van der Waals surface area contributed by atoms with Crippen LogP contribution in [0.25, 0.3) is 5.69 Å². The first kappa shape index (κ1) is 14.5. The van der Waals surface area contributed by atoms with Crippen molar-refractivity contribution in [3.8, 4) is 5.69 Å². The second-order valence-corrected chi connectivity index (χ2v) is 4.55. The van der Waals surface area contributed by atoms with E-state index in [-0.39, 0.29) is 18.0 Å². The van der Waals surface area contributed by atoms with Crippen LogP contribution in [-0.4, -0.2) is 20.8 Å². The highest BCUT2D eigenvalue weighted by atomic mass is 19.4. The molecule has 0 saturated heterocycles. The van der Waals surface area contributed by atoms with E-state index in [9.17, 15) is 13.2 Å². The van der Waals surface area contributed by atoms with Gasteiger partial charge >= 0.3 is 6.18 Å². The van der Waals surface area contributed by atoms with Crippen molar-refractivity contribution in [2.24, 2.45) is 5.73 Å². The standard InChI is InChI=1S/C13H15F3N4/c1-2-10(17)5-9-3-4-11(20-8-18-7-19-20)6-12(9)13(14,15)16/h3-4,6-8,10H,2,5,17H2,1H3. The van der Waals surface area contributed by atoms with Gasteiger partial charge < -0.3 is 5.73 Å². The Hall–Kier alpha value is -1.89. The maximum Gasteiger partial charge on any atom is 0.416 e. The van der Waals surface area contributed by atoms with Crippen LogP contribution in [0.2, 0.25) is 0 Å². The molecule has 0 radical (unpaired) electrons. The van der Waals surface area contributed by atoms with Crippen molar-refractivity contribution in [3.05, 3.63) is 42.0 Å². The Morgan fingerprint density at radius 1 is 1.35 bits per heavy atom. The Balaban J connectivity index is 2.43. The third-order valence-corrected chi connectivity index (χ3v) is 3.09. The number of hydrogen-bond donors (Lipinski definition) is 1. The van der Waals surface area contributed by atoms with Gasteiger partial charge in [0.05, 0.1) is 11.3 Å². The molecule has 0 aliphatic rings. The predicted molar refractivity (Wildman–Crippen MR) is 68.3 cm³/mol. The molecule has 0 bridgehead atoms. The molecule has 2 aromatic rings. The second-order valence-electron chi connectivity index (χ2n) is 4.55. The minimum atomic E-state index is -4.42. The fraction of sp³-hybridized carbons (Fsp3) is 0.385. The molecule has 1 unspecified atom stereocenters. The molecule has 0 aliphatic carbocycles. The summed E-state index contributed by atoms with van der Waals surface area (Å²) in [4.78, 5) is 3.73. The zero-order valence-corrected chi connectivity index (χ0v) is 10.9. The predicted octanol–water partition coefficient (Wildman–Crippen LogP) is 2.57. The molecule has 2 N–H and O–H groups in total. The Bertz CT molecular complexity index is 563. The van der Waals surface area contributed by atoms with Crippen LogP contribution in [0.4, 0.5) is 13.2 Å². The van der Waals surface area contributed by atoms with Crippen molar-refractivity contribution in [1.82, 2.24) is 14.8 Å². The van der Waals surface area contributed by atoms with E-state index in [1.807, 2.05) is 6.92 Å². The van der Waals surface area contributed by atoms with Gasteiger partial charge in [-0.2, -0.15) is 18.3 Å². The van der Waals surface area contributed by atoms with Crippen molar-refractivity contribution in [2.75, 3.05) is 0 Å². The largest absolute Gasteiger partial charge is 0.416 e. The highest BCUT2D eigenvalue weighted by molar-refractivity contribution is 5.41. The van der Waals surface area contributed by atoms with Gasteiger partial charge in [0.25, 0.3) is 0 Å². The van der Waals surface area contributed by atoms with Crippen molar-refractivity contribution in [1.29, 1.82) is 0 Å². The van der Waals surface area contributed by atoms with Crippen LogP contribution in [0.15, 0.2) is 30.9 Å². The van der Waals surface area contributed by atoms with Gasteiger partial charge in [-0.25, -0.2) is 9.67 Å². The highest BCUT2D eigenvalue weighted by Gasteiger charge is 2.34. The SMILES string of the molecule is CCC(N)Cc1ccc(-n2cncn2)cc1C(F)(F)F. The van der Waals surface area contributed by atoms with Crippen LogP contribution in [0.3, 0.4) is 0 Å². The van der Waals surface area contributed by atoms with Crippen LogP contribution in [-0.2, 0) is 12.6 Å². The molecular formula is C13H15F3N4. The van der Waals surface area contributed by atoms with Gasteiger partial charge in [-0.3, -0.25) is 0 Å². The molecule has 108 valence electrons. The Morgan fingerprint density at radius 2 is 2.10 bits per heavy atom. The molecule has 0 amide bonds. The van der Waals surface area contributed by atoms with Crippen molar-refractivity contribution < 1.29 is 13.2 Å². The second kappa shape index (κ2) is 5.62. The van der Waals surface area contributed by atoms with Crippen LogP contribution >= 0.6 is 0 Å². The Morgan fingerprint density at radius 3 is 2.65 bits per heavy atom. The fourth-order valence-corrected chi connectivity index (χ4v) is 1.92. The summed E-state index contributed by atoms with van der Waals surface area (Å²) >= 11 is 0. The molecule has 0 aliphatic heterocycles. The Labute approximate surface area is 114 Å². The van der Waals surface area contributed by atoms with E-state index in [0.29, 0.717) is 12.1 Å². The summed E-state index contributed by atoms with van der Waals surface area (Å²) in [6, 6.07) is 3.83. The third-order valence-electron chi connectivity index (χ3n) is 3.09. The van der Waals surface area contributed by atoms with Gasteiger partial charge in [0.1, 0.15) is 12.7 Å². The third kappa shape index (κ3) is 3.16. The lowest BCUT2D eigenvalue weighted by Crippen LogP contribution is -2.23. The zero-order valence-electron chi connectivity index (χ0n) is 10.9. The number of benzene rings is 1. The monoisotopic (exact) mass is 284 g/mol. The van der Waals surface area contributed by atoms with E-state index in [1.165, 1.54) is 23.4 Å². The van der Waals surface area contributed by atoms with Crippen molar-refractivity contribution in [3.63, 3.8) is 0 Å². The van der Waals surface area contributed by atoms with Crippen LogP contribution in [0.5, 0.6) is 0 Å². The molecular weight excluding hydrogens is 269 g/mol. The van der Waals surface area contributed by atoms with E-state index in [4.69, 9.17) is 5.73 Å². The smallest absolute Gasteiger partial charge is 0.327 e. The molecule has 4 nitrogen and oxygen atoms in total. The molecule has 0 saturated carbocycles. The van der Waals surface area contributed by atoms with Crippen LogP contribution < -0.4 is 5.73 Å². The molecule has 1 aromatic carbocycles. The molecule has 0 fully saturated rings. The Kier molecular flexibility index (Phi) is 4.08. The van der Waals surface area contributed by atoms with Crippen LogP contribution in [0.1, 0.15) is 24.5 Å². The van der Waals surface area contributed by atoms with E-state index < -0.39 is 11.7 Å². The fourth-order valence-electron chi connectivity index (χ4n) is 1.92. The molecule has 0 spiro atoms. The highest BCUT2D eigenvalue weighted by Crippen LogP contribution is 2.34. The van der Waals surface area contributed by atoms with E-state index >= 15 is 0 Å². The summed E-state index contributed by atoms with van der Waals surface area (Å²) in [5.74, 6) is 0. The van der Waals surface area contributed by atoms with E-state index in [1.54, 1.807) is 6.07 Å². The number of aromatic nitrogens is 3. The number of nitrogens with two attached hydrogens (primary N) is 1. The lowest BCUT2D eigenvalue weighted by molar-refractivity contribution is -0.138. The van der Waals surface area contributed by atoms with Gasteiger partial charge in [0.2, 0.25) is 0 Å². The minimum absolute atomic E-state index is 0.197. The lowest BCUT2D eigenvalue weighted by atomic mass is 9.98. The average Bonchev–Trinajstić information content (AvgIpc) is 2.91. The van der Waals surface area contributed by atoms with Gasteiger partial charge in [0, 0.05) is 6.04 Å². The van der Waals surface area contributed by atoms with Gasteiger partial charge in [-0.1, -0.05) is 13.0 Å². The quantitative estimate of drug-likeness (QED) is 0.938. The summed E-state index contributed by atoms with van der Waals surface area (Å²) in [5.41, 5.74) is 5.61. The molecule has 1 atom stereocenters. The number of rotatable bonds is 4. The summed E-state index contributed by atoms with van der Waals surface area (Å²) in [7, 11) is 0.